The van der Waals surface area contributed by atoms with Gasteiger partial charge in [-0.05, 0) is 37.5 Å². The van der Waals surface area contributed by atoms with E-state index in [1.54, 1.807) is 12.0 Å². The zero-order valence-electron chi connectivity index (χ0n) is 16.8. The molecule has 2 aromatic carbocycles. The molecule has 0 saturated carbocycles. The van der Waals surface area contributed by atoms with Crippen molar-refractivity contribution in [3.8, 4) is 5.75 Å². The number of hydrogen-bond donors (Lipinski definition) is 1. The quantitative estimate of drug-likeness (QED) is 0.803. The predicted octanol–water partition coefficient (Wildman–Crippen LogP) is 3.02. The number of amides is 2. The summed E-state index contributed by atoms with van der Waals surface area (Å²) in [5.74, 6) is 0.546. The molecule has 1 aliphatic rings. The maximum absolute atomic E-state index is 12.5. The van der Waals surface area contributed by atoms with Gasteiger partial charge in [-0.3, -0.25) is 9.59 Å². The minimum Gasteiger partial charge on any atom is -0.496 e. The van der Waals surface area contributed by atoms with E-state index in [2.05, 4.69) is 11.4 Å². The lowest BCUT2D eigenvalue weighted by atomic mass is 10.1. The summed E-state index contributed by atoms with van der Waals surface area (Å²) in [5.41, 5.74) is 4.52. The van der Waals surface area contributed by atoms with E-state index >= 15 is 0 Å². The lowest BCUT2D eigenvalue weighted by Gasteiger charge is -2.17. The summed E-state index contributed by atoms with van der Waals surface area (Å²) in [6, 6.07) is 14.2. The molecule has 5 heteroatoms. The number of likely N-dealkylation sites (tertiary alicyclic amines) is 1. The third kappa shape index (κ3) is 4.91. The molecular weight excluding hydrogens is 352 g/mol. The molecule has 2 aromatic rings. The average molecular weight is 380 g/mol. The number of ether oxygens (including phenoxy) is 1. The zero-order valence-corrected chi connectivity index (χ0v) is 16.8. The molecule has 0 aliphatic carbocycles. The highest BCUT2D eigenvalue weighted by atomic mass is 16.5. The summed E-state index contributed by atoms with van der Waals surface area (Å²) in [6.45, 7) is 5.64. The van der Waals surface area contributed by atoms with Gasteiger partial charge in [-0.15, -0.1) is 0 Å². The van der Waals surface area contributed by atoms with Crippen molar-refractivity contribution >= 4 is 11.8 Å². The molecule has 2 amide bonds. The van der Waals surface area contributed by atoms with Crippen LogP contribution in [0, 0.1) is 19.8 Å². The number of benzene rings is 2. The molecular formula is C23H28N2O3. The second-order valence-corrected chi connectivity index (χ2v) is 7.52. The number of carbonyl (C=O) groups excluding carboxylic acids is 2. The average Bonchev–Trinajstić information content (AvgIpc) is 3.04. The fourth-order valence-electron chi connectivity index (χ4n) is 3.58. The molecule has 1 aliphatic heterocycles. The van der Waals surface area contributed by atoms with Gasteiger partial charge in [0.25, 0.3) is 0 Å². The number of aryl methyl sites for hydroxylation is 2. The molecule has 1 saturated heterocycles. The highest BCUT2D eigenvalue weighted by Crippen LogP contribution is 2.22. The van der Waals surface area contributed by atoms with Gasteiger partial charge in [0.1, 0.15) is 5.75 Å². The Labute approximate surface area is 166 Å². The second-order valence-electron chi connectivity index (χ2n) is 7.52. The number of methoxy groups -OCH3 is 1. The fraction of sp³-hybridized carbons (Fsp3) is 0.391. The van der Waals surface area contributed by atoms with Gasteiger partial charge < -0.3 is 15.0 Å². The van der Waals surface area contributed by atoms with E-state index in [1.807, 2.05) is 50.2 Å². The van der Waals surface area contributed by atoms with Crippen molar-refractivity contribution in [3.05, 3.63) is 64.7 Å². The Bertz CT molecular complexity index is 845. The van der Waals surface area contributed by atoms with Gasteiger partial charge >= 0.3 is 0 Å². The summed E-state index contributed by atoms with van der Waals surface area (Å²) < 4.78 is 5.39. The molecule has 1 N–H and O–H groups in total. The molecule has 28 heavy (non-hydrogen) atoms. The first-order chi connectivity index (χ1) is 13.5. The van der Waals surface area contributed by atoms with Crippen LogP contribution in [-0.2, 0) is 22.6 Å². The van der Waals surface area contributed by atoms with Crippen LogP contribution < -0.4 is 10.1 Å². The maximum atomic E-state index is 12.5. The van der Waals surface area contributed by atoms with E-state index in [0.29, 0.717) is 26.1 Å². The fourth-order valence-corrected chi connectivity index (χ4v) is 3.58. The Balaban J connectivity index is 1.50. The first-order valence-electron chi connectivity index (χ1n) is 9.71. The van der Waals surface area contributed by atoms with Crippen LogP contribution in [0.5, 0.6) is 5.75 Å². The highest BCUT2D eigenvalue weighted by Gasteiger charge is 2.34. The Morgan fingerprint density at radius 1 is 1.14 bits per heavy atom. The lowest BCUT2D eigenvalue weighted by molar-refractivity contribution is -0.129. The van der Waals surface area contributed by atoms with Crippen molar-refractivity contribution < 1.29 is 14.3 Å². The van der Waals surface area contributed by atoms with Gasteiger partial charge in [0.15, 0.2) is 0 Å². The standard InChI is InChI=1S/C23H28N2O3/c1-16-4-7-18(8-5-16)14-25-15-20(13-22(25)26)23(27)24-11-10-19-12-17(2)6-9-21(19)28-3/h4-9,12,20H,10-11,13-15H2,1-3H3,(H,24,27). The van der Waals surface area contributed by atoms with Crippen molar-refractivity contribution in [2.45, 2.75) is 33.2 Å². The van der Waals surface area contributed by atoms with Crippen LogP contribution in [0.2, 0.25) is 0 Å². The van der Waals surface area contributed by atoms with Gasteiger partial charge in [0, 0.05) is 26.1 Å². The number of hydrogen-bond acceptors (Lipinski definition) is 3. The van der Waals surface area contributed by atoms with Crippen molar-refractivity contribution in [2.24, 2.45) is 5.92 Å². The number of nitrogens with zero attached hydrogens (tertiary/aromatic N) is 1. The predicted molar refractivity (Wildman–Crippen MR) is 109 cm³/mol. The monoisotopic (exact) mass is 380 g/mol. The van der Waals surface area contributed by atoms with Crippen LogP contribution in [0.4, 0.5) is 0 Å². The summed E-state index contributed by atoms with van der Waals surface area (Å²) >= 11 is 0. The van der Waals surface area contributed by atoms with Crippen molar-refractivity contribution in [2.75, 3.05) is 20.2 Å². The summed E-state index contributed by atoms with van der Waals surface area (Å²) in [5, 5.41) is 2.98. The summed E-state index contributed by atoms with van der Waals surface area (Å²) in [7, 11) is 1.65. The van der Waals surface area contributed by atoms with E-state index in [9.17, 15) is 9.59 Å². The van der Waals surface area contributed by atoms with E-state index in [0.717, 1.165) is 22.4 Å². The van der Waals surface area contributed by atoms with E-state index in [1.165, 1.54) is 5.56 Å². The number of carbonyl (C=O) groups is 2. The van der Waals surface area contributed by atoms with Gasteiger partial charge in [0.05, 0.1) is 13.0 Å². The summed E-state index contributed by atoms with van der Waals surface area (Å²) in [4.78, 5) is 26.6. The van der Waals surface area contributed by atoms with Gasteiger partial charge in [-0.25, -0.2) is 0 Å². The molecule has 0 bridgehead atoms. The van der Waals surface area contributed by atoms with Crippen LogP contribution in [0.3, 0.4) is 0 Å². The maximum Gasteiger partial charge on any atom is 0.225 e. The van der Waals surface area contributed by atoms with Crippen LogP contribution in [0.15, 0.2) is 42.5 Å². The van der Waals surface area contributed by atoms with Crippen molar-refractivity contribution in [3.63, 3.8) is 0 Å². The third-order valence-electron chi connectivity index (χ3n) is 5.21. The van der Waals surface area contributed by atoms with Crippen LogP contribution in [0.1, 0.15) is 28.7 Å². The van der Waals surface area contributed by atoms with Gasteiger partial charge in [-0.1, -0.05) is 47.5 Å². The summed E-state index contributed by atoms with van der Waals surface area (Å²) in [6.07, 6.45) is 0.982. The molecule has 1 atom stereocenters. The molecule has 0 radical (unpaired) electrons. The van der Waals surface area contributed by atoms with Crippen LogP contribution in [-0.4, -0.2) is 36.9 Å². The van der Waals surface area contributed by atoms with Gasteiger partial charge in [0.2, 0.25) is 11.8 Å². The Morgan fingerprint density at radius 3 is 2.57 bits per heavy atom. The van der Waals surface area contributed by atoms with Crippen LogP contribution in [0.25, 0.3) is 0 Å². The molecule has 0 aromatic heterocycles. The van der Waals surface area contributed by atoms with E-state index in [4.69, 9.17) is 4.74 Å². The minimum atomic E-state index is -0.280. The normalized spacial score (nSPS) is 16.3. The first-order valence-corrected chi connectivity index (χ1v) is 9.71. The highest BCUT2D eigenvalue weighted by molar-refractivity contribution is 5.89. The molecule has 148 valence electrons. The van der Waals surface area contributed by atoms with E-state index < -0.39 is 0 Å². The van der Waals surface area contributed by atoms with Crippen molar-refractivity contribution in [1.29, 1.82) is 0 Å². The largest absolute Gasteiger partial charge is 0.496 e. The Kier molecular flexibility index (Phi) is 6.34. The zero-order chi connectivity index (χ0) is 20.1. The van der Waals surface area contributed by atoms with Crippen LogP contribution >= 0.6 is 0 Å². The molecule has 1 fully saturated rings. The number of rotatable bonds is 7. The number of nitrogens with one attached hydrogen (secondary N) is 1. The Morgan fingerprint density at radius 2 is 1.86 bits per heavy atom. The SMILES string of the molecule is COc1ccc(C)cc1CCNC(=O)C1CC(=O)N(Cc2ccc(C)cc2)C1. The molecule has 1 unspecified atom stereocenters. The van der Waals surface area contributed by atoms with Crippen molar-refractivity contribution in [1.82, 2.24) is 10.2 Å². The topological polar surface area (TPSA) is 58.6 Å². The van der Waals surface area contributed by atoms with E-state index in [-0.39, 0.29) is 24.2 Å². The molecule has 3 rings (SSSR count). The smallest absolute Gasteiger partial charge is 0.225 e. The minimum absolute atomic E-state index is 0.0427. The third-order valence-corrected chi connectivity index (χ3v) is 5.21. The second kappa shape index (κ2) is 8.91. The molecule has 0 spiro atoms. The molecule has 5 nitrogen and oxygen atoms in total. The first kappa shape index (κ1) is 19.9. The Hall–Kier alpha value is -2.82. The lowest BCUT2D eigenvalue weighted by Crippen LogP contribution is -2.34. The molecule has 1 heterocycles. The van der Waals surface area contributed by atoms with Gasteiger partial charge in [-0.2, -0.15) is 0 Å².